The fraction of sp³-hybridized carbons (Fsp3) is 0.692. The number of nitrogens with zero attached hydrogens (tertiary/aromatic N) is 3. The number of carbonyl (C=O) groups excluding carboxylic acids is 1. The lowest BCUT2D eigenvalue weighted by molar-refractivity contribution is -0.0154. The van der Waals surface area contributed by atoms with Gasteiger partial charge in [-0.1, -0.05) is 6.92 Å². The van der Waals surface area contributed by atoms with Gasteiger partial charge in [-0.05, 0) is 13.5 Å². The Morgan fingerprint density at radius 2 is 2.32 bits per heavy atom. The van der Waals surface area contributed by atoms with Crippen LogP contribution in [0.25, 0.3) is 0 Å². The van der Waals surface area contributed by atoms with Crippen molar-refractivity contribution in [3.63, 3.8) is 0 Å². The number of carbonyl (C=O) groups is 1. The number of methoxy groups -OCH3 is 1. The molecule has 0 saturated carbocycles. The summed E-state index contributed by atoms with van der Waals surface area (Å²) in [7, 11) is 1.55. The third-order valence-corrected chi connectivity index (χ3v) is 3.45. The zero-order valence-electron chi connectivity index (χ0n) is 11.8. The van der Waals surface area contributed by atoms with E-state index in [1.807, 2.05) is 6.92 Å². The molecule has 2 heterocycles. The van der Waals surface area contributed by atoms with Crippen molar-refractivity contribution in [2.45, 2.75) is 26.5 Å². The first-order chi connectivity index (χ1) is 9.21. The molecule has 1 saturated heterocycles. The van der Waals surface area contributed by atoms with Crippen LogP contribution in [-0.2, 0) is 11.3 Å². The molecule has 1 fully saturated rings. The predicted molar refractivity (Wildman–Crippen MR) is 70.6 cm³/mol. The number of aromatic nitrogens is 2. The van der Waals surface area contributed by atoms with Crippen LogP contribution < -0.4 is 4.74 Å². The van der Waals surface area contributed by atoms with Crippen molar-refractivity contribution in [1.82, 2.24) is 14.7 Å². The summed E-state index contributed by atoms with van der Waals surface area (Å²) in [5, 5.41) is 4.16. The number of aryl methyl sites for hydroxylation is 1. The van der Waals surface area contributed by atoms with Crippen LogP contribution in [0.1, 0.15) is 24.3 Å². The summed E-state index contributed by atoms with van der Waals surface area (Å²) in [4.78, 5) is 14.8. The number of hydrogen-bond donors (Lipinski definition) is 0. The lowest BCUT2D eigenvalue weighted by atomic mass is 10.1. The Morgan fingerprint density at radius 3 is 2.95 bits per heavy atom. The van der Waals surface area contributed by atoms with Crippen molar-refractivity contribution < 1.29 is 14.3 Å². The number of ketones is 1. The number of Topliss-reactive ketones (excluding diaryl/α,β-unsaturated/α-hetero) is 1. The van der Waals surface area contributed by atoms with Gasteiger partial charge >= 0.3 is 0 Å². The Morgan fingerprint density at radius 1 is 1.53 bits per heavy atom. The molecule has 106 valence electrons. The van der Waals surface area contributed by atoms with Crippen LogP contribution >= 0.6 is 0 Å². The fourth-order valence-electron chi connectivity index (χ4n) is 2.31. The van der Waals surface area contributed by atoms with Crippen LogP contribution in [0, 0.1) is 0 Å². The lowest BCUT2D eigenvalue weighted by Crippen LogP contribution is -2.46. The van der Waals surface area contributed by atoms with E-state index in [0.717, 1.165) is 13.1 Å². The second-order valence-corrected chi connectivity index (χ2v) is 4.49. The molecule has 6 heteroatoms. The molecule has 0 spiro atoms. The van der Waals surface area contributed by atoms with Crippen LogP contribution in [0.15, 0.2) is 6.20 Å². The maximum Gasteiger partial charge on any atom is 0.214 e. The van der Waals surface area contributed by atoms with Crippen molar-refractivity contribution in [3.8, 4) is 5.75 Å². The van der Waals surface area contributed by atoms with Crippen molar-refractivity contribution >= 4 is 5.78 Å². The van der Waals surface area contributed by atoms with Gasteiger partial charge in [0.15, 0.2) is 5.75 Å². The minimum absolute atomic E-state index is 0.0469. The van der Waals surface area contributed by atoms with Gasteiger partial charge in [-0.15, -0.1) is 0 Å². The summed E-state index contributed by atoms with van der Waals surface area (Å²) in [5.41, 5.74) is 0.507. The van der Waals surface area contributed by atoms with Crippen molar-refractivity contribution in [2.24, 2.45) is 0 Å². The summed E-state index contributed by atoms with van der Waals surface area (Å²) in [5.74, 6) is 0.471. The van der Waals surface area contributed by atoms with Gasteiger partial charge < -0.3 is 9.47 Å². The molecule has 0 bridgehead atoms. The molecule has 1 aromatic rings. The zero-order chi connectivity index (χ0) is 13.8. The van der Waals surface area contributed by atoms with E-state index in [2.05, 4.69) is 16.9 Å². The van der Waals surface area contributed by atoms with Crippen molar-refractivity contribution in [2.75, 3.05) is 33.4 Å². The molecule has 0 radical (unpaired) electrons. The highest BCUT2D eigenvalue weighted by molar-refractivity contribution is 6.00. The molecule has 1 atom stereocenters. The van der Waals surface area contributed by atoms with E-state index in [9.17, 15) is 4.79 Å². The zero-order valence-corrected chi connectivity index (χ0v) is 11.8. The van der Waals surface area contributed by atoms with E-state index in [1.54, 1.807) is 18.0 Å². The normalized spacial score (nSPS) is 20.5. The Hall–Kier alpha value is -1.40. The van der Waals surface area contributed by atoms with Crippen LogP contribution in [0.4, 0.5) is 0 Å². The van der Waals surface area contributed by atoms with Gasteiger partial charge in [0.05, 0.1) is 19.9 Å². The van der Waals surface area contributed by atoms with Crippen LogP contribution in [0.2, 0.25) is 0 Å². The number of ether oxygens (including phenoxy) is 2. The maximum absolute atomic E-state index is 12.6. The fourth-order valence-corrected chi connectivity index (χ4v) is 2.31. The van der Waals surface area contributed by atoms with Gasteiger partial charge in [0.25, 0.3) is 0 Å². The summed E-state index contributed by atoms with van der Waals surface area (Å²) in [6.07, 6.45) is 1.15. The highest BCUT2D eigenvalue weighted by Gasteiger charge is 2.31. The minimum atomic E-state index is -0.426. The predicted octanol–water partition coefficient (Wildman–Crippen LogP) is 0.815. The van der Waals surface area contributed by atoms with Gasteiger partial charge in [0.2, 0.25) is 5.78 Å². The molecule has 1 aromatic heterocycles. The molecular weight excluding hydrogens is 246 g/mol. The first kappa shape index (κ1) is 14.0. The molecule has 6 nitrogen and oxygen atoms in total. The monoisotopic (exact) mass is 267 g/mol. The van der Waals surface area contributed by atoms with Gasteiger partial charge in [-0.25, -0.2) is 0 Å². The van der Waals surface area contributed by atoms with E-state index in [-0.39, 0.29) is 5.78 Å². The minimum Gasteiger partial charge on any atom is -0.493 e. The number of morpholine rings is 1. The average Bonchev–Trinajstić information content (AvgIpc) is 2.89. The SMILES string of the molecule is CCN1CCOC(C(=O)c2c(OC)cnn2CC)C1. The van der Waals surface area contributed by atoms with Gasteiger partial charge in [-0.2, -0.15) is 5.10 Å². The first-order valence-corrected chi connectivity index (χ1v) is 6.69. The van der Waals surface area contributed by atoms with E-state index >= 15 is 0 Å². The average molecular weight is 267 g/mol. The van der Waals surface area contributed by atoms with Gasteiger partial charge in [0.1, 0.15) is 11.8 Å². The lowest BCUT2D eigenvalue weighted by Gasteiger charge is -2.31. The highest BCUT2D eigenvalue weighted by atomic mass is 16.5. The molecule has 0 amide bonds. The number of hydrogen-bond acceptors (Lipinski definition) is 5. The summed E-state index contributed by atoms with van der Waals surface area (Å²) in [6, 6.07) is 0. The van der Waals surface area contributed by atoms with E-state index in [0.29, 0.717) is 31.1 Å². The van der Waals surface area contributed by atoms with Crippen LogP contribution in [0.3, 0.4) is 0 Å². The quantitative estimate of drug-likeness (QED) is 0.739. The third-order valence-electron chi connectivity index (χ3n) is 3.45. The molecule has 19 heavy (non-hydrogen) atoms. The largest absolute Gasteiger partial charge is 0.493 e. The van der Waals surface area contributed by atoms with E-state index < -0.39 is 6.10 Å². The molecule has 0 aliphatic carbocycles. The number of likely N-dealkylation sites (N-methyl/N-ethyl adjacent to an activating group) is 1. The molecule has 1 unspecified atom stereocenters. The van der Waals surface area contributed by atoms with Gasteiger partial charge in [0, 0.05) is 19.6 Å². The van der Waals surface area contributed by atoms with Crippen molar-refractivity contribution in [3.05, 3.63) is 11.9 Å². The van der Waals surface area contributed by atoms with E-state index in [4.69, 9.17) is 9.47 Å². The topological polar surface area (TPSA) is 56.6 Å². The number of rotatable bonds is 5. The van der Waals surface area contributed by atoms with Crippen molar-refractivity contribution in [1.29, 1.82) is 0 Å². The smallest absolute Gasteiger partial charge is 0.214 e. The van der Waals surface area contributed by atoms with Gasteiger partial charge in [-0.3, -0.25) is 14.4 Å². The molecule has 1 aliphatic rings. The van der Waals surface area contributed by atoms with E-state index in [1.165, 1.54) is 0 Å². The molecule has 0 aromatic carbocycles. The Bertz CT molecular complexity index is 423. The highest BCUT2D eigenvalue weighted by Crippen LogP contribution is 2.21. The molecular formula is C13H21N3O3. The second-order valence-electron chi connectivity index (χ2n) is 4.49. The first-order valence-electron chi connectivity index (χ1n) is 6.69. The van der Waals surface area contributed by atoms with Crippen LogP contribution in [-0.4, -0.2) is 59.9 Å². The summed E-state index contributed by atoms with van der Waals surface area (Å²) in [6.45, 7) is 7.70. The Balaban J connectivity index is 2.21. The summed E-state index contributed by atoms with van der Waals surface area (Å²) < 4.78 is 12.5. The molecule has 1 aliphatic heterocycles. The molecule has 2 rings (SSSR count). The third kappa shape index (κ3) is 2.79. The Kier molecular flexibility index (Phi) is 4.55. The molecule has 0 N–H and O–H groups in total. The van der Waals surface area contributed by atoms with Crippen LogP contribution in [0.5, 0.6) is 5.75 Å². The maximum atomic E-state index is 12.6. The summed E-state index contributed by atoms with van der Waals surface area (Å²) >= 11 is 0. The second kappa shape index (κ2) is 6.16. The Labute approximate surface area is 113 Å². The standard InChI is InChI=1S/C13H21N3O3/c1-4-15-6-7-19-11(9-15)13(17)12-10(18-3)8-14-16(12)5-2/h8,11H,4-7,9H2,1-3H3.